The van der Waals surface area contributed by atoms with Crippen LogP contribution in [0.4, 0.5) is 0 Å². The van der Waals surface area contributed by atoms with Gasteiger partial charge in [-0.05, 0) is 86.9 Å². The quantitative estimate of drug-likeness (QED) is 0.353. The SMILES string of the molecule is COc1cc(/C=C2/CCc3c2nc2ccccc2c3C(=O)OCC(=O)N2[C@H](C)CCC[C@@H]2C)cc(OC)c1OC. The van der Waals surface area contributed by atoms with Gasteiger partial charge in [0.15, 0.2) is 18.1 Å². The van der Waals surface area contributed by atoms with Gasteiger partial charge in [0.25, 0.3) is 5.91 Å². The molecule has 2 aromatic carbocycles. The molecule has 8 nitrogen and oxygen atoms in total. The lowest BCUT2D eigenvalue weighted by molar-refractivity contribution is -0.140. The van der Waals surface area contributed by atoms with Crippen molar-refractivity contribution in [3.05, 3.63) is 58.8 Å². The largest absolute Gasteiger partial charge is 0.493 e. The lowest BCUT2D eigenvalue weighted by Gasteiger charge is -2.38. The van der Waals surface area contributed by atoms with Crippen molar-refractivity contribution >= 4 is 34.4 Å². The van der Waals surface area contributed by atoms with E-state index in [2.05, 4.69) is 13.8 Å². The van der Waals surface area contributed by atoms with Crippen molar-refractivity contribution in [2.75, 3.05) is 27.9 Å². The molecule has 1 saturated heterocycles. The van der Waals surface area contributed by atoms with Gasteiger partial charge < -0.3 is 23.8 Å². The number of likely N-dealkylation sites (tertiary alicyclic amines) is 1. The molecule has 0 radical (unpaired) electrons. The minimum atomic E-state index is -0.491. The number of amides is 1. The average molecular weight is 545 g/mol. The molecule has 0 saturated carbocycles. The van der Waals surface area contributed by atoms with E-state index in [-0.39, 0.29) is 24.6 Å². The second kappa shape index (κ2) is 11.6. The highest BCUT2D eigenvalue weighted by atomic mass is 16.5. The first-order chi connectivity index (χ1) is 19.4. The monoisotopic (exact) mass is 544 g/mol. The molecule has 8 heteroatoms. The van der Waals surface area contributed by atoms with Crippen molar-refractivity contribution in [3.8, 4) is 17.2 Å². The molecular weight excluding hydrogens is 508 g/mol. The van der Waals surface area contributed by atoms with E-state index in [4.69, 9.17) is 23.9 Å². The number of esters is 1. The Balaban J connectivity index is 1.49. The highest BCUT2D eigenvalue weighted by molar-refractivity contribution is 6.07. The Labute approximate surface area is 234 Å². The summed E-state index contributed by atoms with van der Waals surface area (Å²) in [4.78, 5) is 33.5. The van der Waals surface area contributed by atoms with Gasteiger partial charge in [0, 0.05) is 17.5 Å². The topological polar surface area (TPSA) is 87.2 Å². The second-order valence-electron chi connectivity index (χ2n) is 10.5. The van der Waals surface area contributed by atoms with Crippen LogP contribution in [0, 0.1) is 0 Å². The fraction of sp³-hybridized carbons (Fsp3) is 0.406. The number of hydrogen-bond acceptors (Lipinski definition) is 7. The van der Waals surface area contributed by atoms with E-state index in [0.29, 0.717) is 41.2 Å². The molecule has 2 heterocycles. The Morgan fingerprint density at radius 1 is 0.975 bits per heavy atom. The maximum absolute atomic E-state index is 13.6. The summed E-state index contributed by atoms with van der Waals surface area (Å²) in [5.74, 6) is 1.01. The number of hydrogen-bond donors (Lipinski definition) is 0. The standard InChI is InChI=1S/C32H36N2O6/c1-19-9-8-10-20(2)34(19)28(35)18-40-32(36)29-23-11-6-7-12-25(23)33-30-22(13-14-24(29)30)15-21-16-26(37-3)31(39-5)27(17-21)38-4/h6-7,11-12,15-17,19-20H,8-10,13-14,18H2,1-5H3/b22-15-/t19-,20+. The molecule has 40 heavy (non-hydrogen) atoms. The zero-order valence-corrected chi connectivity index (χ0v) is 23.8. The van der Waals surface area contributed by atoms with Crippen LogP contribution >= 0.6 is 0 Å². The van der Waals surface area contributed by atoms with E-state index in [1.165, 1.54) is 0 Å². The number of allylic oxidation sites excluding steroid dienone is 1. The van der Waals surface area contributed by atoms with E-state index in [0.717, 1.165) is 47.0 Å². The van der Waals surface area contributed by atoms with Crippen LogP contribution in [0.2, 0.25) is 0 Å². The van der Waals surface area contributed by atoms with Crippen molar-refractivity contribution in [2.45, 2.75) is 58.0 Å². The summed E-state index contributed by atoms with van der Waals surface area (Å²) in [7, 11) is 4.74. The van der Waals surface area contributed by atoms with Gasteiger partial charge in [-0.3, -0.25) is 4.79 Å². The number of methoxy groups -OCH3 is 3. The Bertz CT molecular complexity index is 1440. The lowest BCUT2D eigenvalue weighted by atomic mass is 9.97. The molecular formula is C32H36N2O6. The number of nitrogens with zero attached hydrogens (tertiary/aromatic N) is 2. The summed E-state index contributed by atoms with van der Waals surface area (Å²) in [6, 6.07) is 11.6. The molecule has 0 N–H and O–H groups in total. The third kappa shape index (κ3) is 5.10. The van der Waals surface area contributed by atoms with Crippen LogP contribution in [-0.2, 0) is 16.0 Å². The first kappa shape index (κ1) is 27.5. The van der Waals surface area contributed by atoms with E-state index in [1.807, 2.05) is 47.4 Å². The zero-order valence-electron chi connectivity index (χ0n) is 23.8. The Kier molecular flexibility index (Phi) is 7.96. The maximum Gasteiger partial charge on any atom is 0.339 e. The average Bonchev–Trinajstić information content (AvgIpc) is 3.35. The lowest BCUT2D eigenvalue weighted by Crippen LogP contribution is -2.49. The molecule has 1 fully saturated rings. The predicted molar refractivity (Wildman–Crippen MR) is 154 cm³/mol. The first-order valence-electron chi connectivity index (χ1n) is 13.8. The fourth-order valence-corrected chi connectivity index (χ4v) is 6.08. The molecule has 2 aliphatic rings. The van der Waals surface area contributed by atoms with Crippen molar-refractivity contribution in [2.24, 2.45) is 0 Å². The van der Waals surface area contributed by atoms with Crippen LogP contribution in [0.15, 0.2) is 36.4 Å². The van der Waals surface area contributed by atoms with Gasteiger partial charge >= 0.3 is 5.97 Å². The summed E-state index contributed by atoms with van der Waals surface area (Å²) in [5, 5.41) is 0.729. The molecule has 210 valence electrons. The molecule has 1 aliphatic heterocycles. The maximum atomic E-state index is 13.6. The third-order valence-electron chi connectivity index (χ3n) is 7.98. The van der Waals surface area contributed by atoms with Crippen molar-refractivity contribution in [1.82, 2.24) is 9.88 Å². The van der Waals surface area contributed by atoms with Crippen molar-refractivity contribution in [3.63, 3.8) is 0 Å². The number of carbonyl (C=O) groups excluding carboxylic acids is 2. The van der Waals surface area contributed by atoms with Gasteiger partial charge in [-0.1, -0.05) is 18.2 Å². The van der Waals surface area contributed by atoms with Gasteiger partial charge in [-0.2, -0.15) is 0 Å². The Hall–Kier alpha value is -4.07. The van der Waals surface area contributed by atoms with E-state index < -0.39 is 5.97 Å². The number of carbonyl (C=O) groups is 2. The molecule has 0 bridgehead atoms. The number of benzene rings is 2. The van der Waals surface area contributed by atoms with Crippen LogP contribution in [0.1, 0.15) is 66.7 Å². The van der Waals surface area contributed by atoms with Gasteiger partial charge in [-0.15, -0.1) is 0 Å². The smallest absolute Gasteiger partial charge is 0.339 e. The van der Waals surface area contributed by atoms with Crippen molar-refractivity contribution in [1.29, 1.82) is 0 Å². The van der Waals surface area contributed by atoms with Crippen LogP contribution in [0.5, 0.6) is 17.2 Å². The summed E-state index contributed by atoms with van der Waals surface area (Å²) in [6.07, 6.45) is 6.42. The highest BCUT2D eigenvalue weighted by Gasteiger charge is 2.31. The van der Waals surface area contributed by atoms with Gasteiger partial charge in [0.1, 0.15) is 0 Å². The molecule has 5 rings (SSSR count). The van der Waals surface area contributed by atoms with Gasteiger partial charge in [0.05, 0.1) is 38.1 Å². The van der Waals surface area contributed by atoms with Crippen LogP contribution in [0.3, 0.4) is 0 Å². The zero-order chi connectivity index (χ0) is 28.4. The minimum absolute atomic E-state index is 0.142. The highest BCUT2D eigenvalue weighted by Crippen LogP contribution is 2.41. The number of ether oxygens (including phenoxy) is 4. The molecule has 1 amide bonds. The number of rotatable bonds is 7. The van der Waals surface area contributed by atoms with Gasteiger partial charge in [-0.25, -0.2) is 9.78 Å². The Morgan fingerprint density at radius 3 is 2.30 bits per heavy atom. The molecule has 0 unspecified atom stereocenters. The molecule has 2 atom stereocenters. The van der Waals surface area contributed by atoms with E-state index in [1.54, 1.807) is 21.3 Å². The molecule has 3 aromatic rings. The minimum Gasteiger partial charge on any atom is -0.493 e. The summed E-state index contributed by atoms with van der Waals surface area (Å²) >= 11 is 0. The predicted octanol–water partition coefficient (Wildman–Crippen LogP) is 5.69. The van der Waals surface area contributed by atoms with Crippen molar-refractivity contribution < 1.29 is 28.5 Å². The summed E-state index contributed by atoms with van der Waals surface area (Å²) < 4.78 is 22.2. The number of aromatic nitrogens is 1. The molecule has 0 spiro atoms. The van der Waals surface area contributed by atoms with Crippen LogP contribution in [0.25, 0.3) is 22.6 Å². The number of pyridine rings is 1. The third-order valence-corrected chi connectivity index (χ3v) is 7.98. The van der Waals surface area contributed by atoms with E-state index >= 15 is 0 Å². The van der Waals surface area contributed by atoms with Gasteiger partial charge in [0.2, 0.25) is 5.75 Å². The van der Waals surface area contributed by atoms with Crippen LogP contribution in [-0.4, -0.2) is 61.8 Å². The number of piperidine rings is 1. The number of fused-ring (bicyclic) bond motifs is 2. The normalized spacial score (nSPS) is 19.4. The fourth-order valence-electron chi connectivity index (χ4n) is 6.08. The molecule has 1 aromatic heterocycles. The number of para-hydroxylation sites is 1. The summed E-state index contributed by atoms with van der Waals surface area (Å²) in [5.41, 5.74) is 4.67. The van der Waals surface area contributed by atoms with Crippen LogP contribution < -0.4 is 14.2 Å². The summed E-state index contributed by atoms with van der Waals surface area (Å²) in [6.45, 7) is 3.84. The Morgan fingerprint density at radius 2 is 1.65 bits per heavy atom. The molecule has 1 aliphatic carbocycles. The first-order valence-corrected chi connectivity index (χ1v) is 13.8. The second-order valence-corrected chi connectivity index (χ2v) is 10.5. The van der Waals surface area contributed by atoms with E-state index in [9.17, 15) is 9.59 Å².